The van der Waals surface area contributed by atoms with E-state index >= 15 is 4.39 Å². The number of hydrogen-bond acceptors (Lipinski definition) is 17. The van der Waals surface area contributed by atoms with Crippen molar-refractivity contribution in [2.75, 3.05) is 62.3 Å². The lowest BCUT2D eigenvalue weighted by Crippen LogP contribution is -2.63. The average molecular weight is 1390 g/mol. The number of carbonyl (C=O) groups is 9. The van der Waals surface area contributed by atoms with Gasteiger partial charge in [0.2, 0.25) is 17.7 Å². The zero-order chi connectivity index (χ0) is 65.4. The monoisotopic (exact) mass is 1380 g/mol. The number of urea groups is 1. The first-order chi connectivity index (χ1) is 41.5. The Balaban J connectivity index is 1.34. The largest absolute Gasteiger partial charge is 0.495 e. The van der Waals surface area contributed by atoms with Crippen LogP contribution in [-0.2, 0) is 58.9 Å². The highest BCUT2D eigenvalue weighted by Gasteiger charge is 2.64. The van der Waals surface area contributed by atoms with E-state index in [4.69, 9.17) is 45.8 Å². The number of hydrogen-bond donors (Lipinski definition) is 7. The average Bonchev–Trinajstić information content (AvgIpc) is 1.58. The quantitative estimate of drug-likeness (QED) is 0.0179. The summed E-state index contributed by atoms with van der Waals surface area (Å²) in [7, 11) is 5.56. The number of nitrogens with one attached hydrogen (secondary N) is 5. The predicted octanol–water partition coefficient (Wildman–Crippen LogP) is 5.94. The third kappa shape index (κ3) is 18.8. The van der Waals surface area contributed by atoms with Crippen molar-refractivity contribution in [1.29, 1.82) is 0 Å². The number of halogens is 4. The van der Waals surface area contributed by atoms with Gasteiger partial charge >= 0.3 is 18.1 Å². The fourth-order valence-electron chi connectivity index (χ4n) is 10.4. The van der Waals surface area contributed by atoms with Gasteiger partial charge in [0.25, 0.3) is 5.91 Å². The molecule has 88 heavy (non-hydrogen) atoms. The Hall–Kier alpha value is -6.07. The number of anilines is 2. The van der Waals surface area contributed by atoms with Crippen molar-refractivity contribution in [3.05, 3.63) is 76.1 Å². The number of alkyl carbamates (subject to hydrolysis) is 1. The van der Waals surface area contributed by atoms with Gasteiger partial charge in [-0.1, -0.05) is 88.0 Å². The number of fused-ring (bicyclic) bond motifs is 5. The maximum Gasteiger partial charge on any atom is 0.409 e. The van der Waals surface area contributed by atoms with Gasteiger partial charge < -0.3 is 74.6 Å². The number of ether oxygens (including phenoxy) is 6. The number of amides is 7. The summed E-state index contributed by atoms with van der Waals surface area (Å²) in [5, 5.41) is 25.9. The maximum absolute atomic E-state index is 16.2. The van der Waals surface area contributed by atoms with E-state index in [1.54, 1.807) is 52.0 Å². The number of nitrogens with zero attached hydrogens (tertiary/aromatic N) is 2. The molecule has 3 aliphatic heterocycles. The summed E-state index contributed by atoms with van der Waals surface area (Å²) in [6, 6.07) is 1.45. The number of likely N-dealkylation sites (N-methyl/N-ethyl adjacent to an activating group) is 1. The van der Waals surface area contributed by atoms with Crippen LogP contribution in [0.4, 0.5) is 25.4 Å². The van der Waals surface area contributed by atoms with E-state index in [9.17, 15) is 48.3 Å². The Kier molecular flexibility index (Phi) is 26.9. The van der Waals surface area contributed by atoms with Crippen LogP contribution >= 0.6 is 43.5 Å². The second-order valence-electron chi connectivity index (χ2n) is 22.9. The third-order valence-corrected chi connectivity index (χ3v) is 18.3. The number of unbranched alkanes of at least 4 members (excludes halogenated alkanes) is 1. The number of methoxy groups -OCH3 is 2. The topological polar surface area (TPSA) is 325 Å². The van der Waals surface area contributed by atoms with Crippen LogP contribution in [0.1, 0.15) is 102 Å². The molecule has 24 nitrogen and oxygen atoms in total. The number of nitrogens with two attached hydrogens (primary N) is 1. The van der Waals surface area contributed by atoms with Crippen LogP contribution in [0, 0.1) is 17.7 Å². The van der Waals surface area contributed by atoms with E-state index in [0.717, 1.165) is 28.2 Å². The van der Waals surface area contributed by atoms with Gasteiger partial charge in [0.05, 0.1) is 43.0 Å². The SMILES string of the molecule is COc1cc2cc(c1Cl)N(C)C(=O)C[C@H](OC(=O)[C@H](C)N(C)C(=O)c1ccc(NC(=O)[C@H](CCCNC(N)=O)NC(=O)[C@@H](NC(C=O)CCCCOC(C=O)(CBr)CBr)C(C)C)cc1F)[C@]1(C)O[C@H]1[C@H](C)[C@@H]1C[C@@](O)(NC(=O)O1)[C@H](OC)/C=C/C=C(\C)C2. The standard InChI is InChI=1S/C60H82Br2ClFN8O16/c1-33(2)50(67-39(29-73)16-11-12-22-85-59(30-61,31-62)32-74)53(77)69-42(17-14-21-66-56(65)80)52(76)68-38-19-20-40(41(64)26-38)54(78)71(7)36(5)55(79)87-47-27-48(75)72(8)43-24-37(25-44(83-9)49(43)63)23-34(3)15-13-18-46(84-10)60(82)28-45(86-57(81)70-60)35(4)51-58(47,6)88-51/h13,15,18-20,24-26,29,32-33,35-36,39,42,45-47,50-51,67,82H,11-12,14,16-17,21-23,27-28,30-31H2,1-10H3,(H,68,76)(H,69,77)(H,70,81)(H3,65,66,80)/b18-13+,34-15+/t35-,36+,39?,42+,45+,46-,47+,50+,51+,58+,60+/m1/s1. The molecule has 2 fully saturated rings. The number of allylic oxidation sites excluding steroid dienone is 3. The molecule has 4 bridgehead atoms. The Labute approximate surface area is 533 Å². The summed E-state index contributed by atoms with van der Waals surface area (Å²) < 4.78 is 51.4. The molecule has 1 unspecified atom stereocenters. The zero-order valence-corrected chi connectivity index (χ0v) is 55.0. The molecule has 2 aromatic rings. The normalized spacial score (nSPS) is 24.5. The van der Waals surface area contributed by atoms with Crippen molar-refractivity contribution in [3.8, 4) is 5.75 Å². The lowest BCUT2D eigenvalue weighted by atomic mass is 9.83. The number of aldehydes is 2. The van der Waals surface area contributed by atoms with Gasteiger partial charge in [-0.05, 0) is 101 Å². The summed E-state index contributed by atoms with van der Waals surface area (Å²) in [6.07, 6.45) is 2.54. The molecule has 486 valence electrons. The highest BCUT2D eigenvalue weighted by Crippen LogP contribution is 2.49. The Bertz CT molecular complexity index is 2920. The molecule has 11 atom stereocenters. The summed E-state index contributed by atoms with van der Waals surface area (Å²) in [5.41, 5.74) is 2.08. The molecule has 8 N–H and O–H groups in total. The first kappa shape index (κ1) is 72.7. The Morgan fingerprint density at radius 2 is 1.76 bits per heavy atom. The first-order valence-corrected chi connectivity index (χ1v) is 31.4. The summed E-state index contributed by atoms with van der Waals surface area (Å²) >= 11 is 13.4. The fraction of sp³-hybridized carbons (Fsp3) is 0.583. The van der Waals surface area contributed by atoms with Crippen LogP contribution in [0.25, 0.3) is 0 Å². The molecule has 0 spiro atoms. The minimum absolute atomic E-state index is 0.0279. The number of carbonyl (C=O) groups excluding carboxylic acids is 9. The maximum atomic E-state index is 16.2. The van der Waals surface area contributed by atoms with Crippen molar-refractivity contribution in [2.45, 2.75) is 158 Å². The van der Waals surface area contributed by atoms with E-state index in [2.05, 4.69) is 58.4 Å². The van der Waals surface area contributed by atoms with Gasteiger partial charge in [0, 0.05) is 63.0 Å². The van der Waals surface area contributed by atoms with Crippen LogP contribution in [0.5, 0.6) is 5.75 Å². The first-order valence-electron chi connectivity index (χ1n) is 28.8. The molecule has 7 amide bonds. The summed E-state index contributed by atoms with van der Waals surface area (Å²) in [5.74, 6) is -5.85. The van der Waals surface area contributed by atoms with E-state index in [1.807, 2.05) is 13.0 Å². The molecule has 0 aromatic heterocycles. The highest BCUT2D eigenvalue weighted by atomic mass is 79.9. The van der Waals surface area contributed by atoms with Crippen LogP contribution in [0.2, 0.25) is 5.02 Å². The smallest absolute Gasteiger partial charge is 0.409 e. The molecule has 2 aromatic carbocycles. The number of esters is 1. The molecule has 3 aliphatic rings. The Morgan fingerprint density at radius 3 is 2.38 bits per heavy atom. The van der Waals surface area contributed by atoms with Gasteiger partial charge in [-0.15, -0.1) is 0 Å². The van der Waals surface area contributed by atoms with E-state index in [1.165, 1.54) is 46.2 Å². The number of aliphatic hydroxyl groups is 1. The van der Waals surface area contributed by atoms with Gasteiger partial charge in [-0.2, -0.15) is 0 Å². The number of alkyl halides is 2. The second kappa shape index (κ2) is 32.6. The summed E-state index contributed by atoms with van der Waals surface area (Å²) in [4.78, 5) is 121. The lowest BCUT2D eigenvalue weighted by Gasteiger charge is -2.42. The Morgan fingerprint density at radius 1 is 1.06 bits per heavy atom. The molecule has 2 saturated heterocycles. The molecule has 0 aliphatic carbocycles. The molecule has 3 heterocycles. The number of epoxide rings is 1. The molecular weight excluding hydrogens is 1300 g/mol. The van der Waals surface area contributed by atoms with Gasteiger partial charge in [-0.25, -0.2) is 18.8 Å². The minimum Gasteiger partial charge on any atom is -0.495 e. The third-order valence-electron chi connectivity index (χ3n) is 16.0. The predicted molar refractivity (Wildman–Crippen MR) is 332 cm³/mol. The van der Waals surface area contributed by atoms with Gasteiger partial charge in [0.1, 0.15) is 64.5 Å². The number of benzene rings is 2. The van der Waals surface area contributed by atoms with Crippen molar-refractivity contribution in [3.63, 3.8) is 0 Å². The van der Waals surface area contributed by atoms with Gasteiger partial charge in [0.15, 0.2) is 12.0 Å². The lowest BCUT2D eigenvalue weighted by molar-refractivity contribution is -0.158. The number of rotatable bonds is 27. The van der Waals surface area contributed by atoms with Crippen LogP contribution in [0.15, 0.2) is 54.1 Å². The fourth-order valence-corrected chi connectivity index (χ4v) is 12.2. The van der Waals surface area contributed by atoms with E-state index < -0.39 is 131 Å². The zero-order valence-electron chi connectivity index (χ0n) is 51.1. The molecule has 5 rings (SSSR count). The highest BCUT2D eigenvalue weighted by molar-refractivity contribution is 9.10. The minimum atomic E-state index is -1.94. The second-order valence-corrected chi connectivity index (χ2v) is 24.4. The molecule has 28 heteroatoms. The molecular formula is C60H82Br2ClFN8O16. The van der Waals surface area contributed by atoms with Crippen LogP contribution in [0.3, 0.4) is 0 Å². The van der Waals surface area contributed by atoms with Crippen molar-refractivity contribution in [2.24, 2.45) is 17.6 Å². The van der Waals surface area contributed by atoms with Crippen molar-refractivity contribution >= 4 is 109 Å². The van der Waals surface area contributed by atoms with Gasteiger partial charge in [-0.3, -0.25) is 29.8 Å². The van der Waals surface area contributed by atoms with Crippen molar-refractivity contribution in [1.82, 2.24) is 26.2 Å². The van der Waals surface area contributed by atoms with Crippen LogP contribution in [-0.4, -0.2) is 182 Å². The van der Waals surface area contributed by atoms with Crippen LogP contribution < -0.4 is 42.0 Å². The summed E-state index contributed by atoms with van der Waals surface area (Å²) in [6.45, 7) is 10.3. The molecule has 0 saturated carbocycles. The molecule has 0 radical (unpaired) electrons. The van der Waals surface area contributed by atoms with E-state index in [-0.39, 0.29) is 71.1 Å². The van der Waals surface area contributed by atoms with Crippen molar-refractivity contribution < 1.29 is 81.1 Å². The van der Waals surface area contributed by atoms with E-state index in [0.29, 0.717) is 38.3 Å². The number of primary amides is 1.